The molecule has 1 rings (SSSR count). The molecule has 0 spiro atoms. The Morgan fingerprint density at radius 1 is 1.11 bits per heavy atom. The summed E-state index contributed by atoms with van der Waals surface area (Å²) in [5.41, 5.74) is 6.06. The van der Waals surface area contributed by atoms with Gasteiger partial charge in [-0.05, 0) is 32.9 Å². The number of hydrogen-bond donors (Lipinski definition) is 1. The zero-order valence-corrected chi connectivity index (χ0v) is 12.2. The second-order valence-electron chi connectivity index (χ2n) is 4.99. The van der Waals surface area contributed by atoms with Crippen molar-refractivity contribution in [3.8, 4) is 11.8 Å². The minimum Gasteiger partial charge on any atom is -0.378 e. The van der Waals surface area contributed by atoms with Crippen molar-refractivity contribution in [2.75, 3.05) is 46.1 Å². The Morgan fingerprint density at radius 2 is 1.84 bits per heavy atom. The molecule has 0 aromatic carbocycles. The van der Waals surface area contributed by atoms with E-state index in [1.54, 1.807) is 0 Å². The van der Waals surface area contributed by atoms with Gasteiger partial charge in [0.05, 0.1) is 26.4 Å². The van der Waals surface area contributed by atoms with Crippen molar-refractivity contribution in [3.63, 3.8) is 0 Å². The smallest absolute Gasteiger partial charge is 0.0701 e. The average Bonchev–Trinajstić information content (AvgIpc) is 2.43. The lowest BCUT2D eigenvalue weighted by molar-refractivity contribution is 0.0400. The van der Waals surface area contributed by atoms with Crippen molar-refractivity contribution in [1.82, 2.24) is 4.90 Å². The Morgan fingerprint density at radius 3 is 2.58 bits per heavy atom. The first-order valence-corrected chi connectivity index (χ1v) is 7.36. The van der Waals surface area contributed by atoms with Crippen LogP contribution in [0.15, 0.2) is 0 Å². The zero-order valence-electron chi connectivity index (χ0n) is 12.2. The summed E-state index contributed by atoms with van der Waals surface area (Å²) in [4.78, 5) is 2.44. The molecule has 0 aromatic heterocycles. The Balaban J connectivity index is 1.88. The van der Waals surface area contributed by atoms with Gasteiger partial charge in [0, 0.05) is 19.0 Å². The second-order valence-corrected chi connectivity index (χ2v) is 4.99. The molecule has 4 nitrogen and oxygen atoms in total. The van der Waals surface area contributed by atoms with Crippen molar-refractivity contribution in [2.24, 2.45) is 5.73 Å². The number of nitrogens with zero attached hydrogens (tertiary/aromatic N) is 1. The van der Waals surface area contributed by atoms with E-state index < -0.39 is 0 Å². The molecule has 4 heteroatoms. The molecule has 1 unspecified atom stereocenters. The highest BCUT2D eigenvalue weighted by molar-refractivity contribution is 4.94. The van der Waals surface area contributed by atoms with Crippen LogP contribution in [-0.2, 0) is 9.47 Å². The molecule has 1 aliphatic rings. The summed E-state index contributed by atoms with van der Waals surface area (Å²) in [5, 5.41) is 0. The second kappa shape index (κ2) is 11.2. The predicted molar refractivity (Wildman–Crippen MR) is 78.0 cm³/mol. The topological polar surface area (TPSA) is 47.7 Å². The summed E-state index contributed by atoms with van der Waals surface area (Å²) in [6, 6.07) is 0.115. The van der Waals surface area contributed by atoms with Crippen LogP contribution < -0.4 is 5.73 Å². The number of piperidine rings is 1. The molecular weight excluding hydrogens is 240 g/mol. The zero-order chi connectivity index (χ0) is 13.8. The highest BCUT2D eigenvalue weighted by atomic mass is 16.5. The van der Waals surface area contributed by atoms with Gasteiger partial charge >= 0.3 is 0 Å². The average molecular weight is 268 g/mol. The molecule has 0 radical (unpaired) electrons. The molecule has 110 valence electrons. The normalized spacial score (nSPS) is 17.8. The van der Waals surface area contributed by atoms with Crippen LogP contribution in [0.25, 0.3) is 0 Å². The van der Waals surface area contributed by atoms with Gasteiger partial charge in [-0.2, -0.15) is 0 Å². The van der Waals surface area contributed by atoms with Crippen LogP contribution in [0.5, 0.6) is 0 Å². The maximum absolute atomic E-state index is 6.06. The first kappa shape index (κ1) is 16.5. The lowest BCUT2D eigenvalue weighted by Gasteiger charge is -2.28. The van der Waals surface area contributed by atoms with Gasteiger partial charge < -0.3 is 20.1 Å². The fourth-order valence-electron chi connectivity index (χ4n) is 2.23. The van der Waals surface area contributed by atoms with Crippen LogP contribution in [0.4, 0.5) is 0 Å². The van der Waals surface area contributed by atoms with Crippen LogP contribution in [0.3, 0.4) is 0 Å². The first-order valence-electron chi connectivity index (χ1n) is 7.36. The fourth-order valence-corrected chi connectivity index (χ4v) is 2.23. The highest BCUT2D eigenvalue weighted by Gasteiger charge is 2.13. The molecule has 19 heavy (non-hydrogen) atoms. The van der Waals surface area contributed by atoms with Crippen molar-refractivity contribution in [3.05, 3.63) is 0 Å². The third kappa shape index (κ3) is 9.01. The van der Waals surface area contributed by atoms with E-state index in [-0.39, 0.29) is 6.04 Å². The van der Waals surface area contributed by atoms with E-state index in [1.165, 1.54) is 32.4 Å². The predicted octanol–water partition coefficient (Wildman–Crippen LogP) is 1.25. The molecule has 1 saturated heterocycles. The van der Waals surface area contributed by atoms with E-state index >= 15 is 0 Å². The monoisotopic (exact) mass is 268 g/mol. The summed E-state index contributed by atoms with van der Waals surface area (Å²) in [6.07, 6.45) is 4.77. The number of hydrogen-bond acceptors (Lipinski definition) is 4. The Kier molecular flexibility index (Phi) is 9.74. The Labute approximate surface area is 117 Å². The first-order chi connectivity index (χ1) is 9.33. The van der Waals surface area contributed by atoms with Crippen molar-refractivity contribution >= 4 is 0 Å². The quantitative estimate of drug-likeness (QED) is 0.505. The number of likely N-dealkylation sites (tertiary alicyclic amines) is 1. The van der Waals surface area contributed by atoms with E-state index in [2.05, 4.69) is 16.7 Å². The molecule has 0 aliphatic carbocycles. The fraction of sp³-hybridized carbons (Fsp3) is 0.867. The largest absolute Gasteiger partial charge is 0.378 e. The van der Waals surface area contributed by atoms with Gasteiger partial charge in [-0.3, -0.25) is 0 Å². The third-order valence-electron chi connectivity index (χ3n) is 3.19. The van der Waals surface area contributed by atoms with Gasteiger partial charge in [0.25, 0.3) is 0 Å². The molecule has 2 N–H and O–H groups in total. The maximum Gasteiger partial charge on any atom is 0.0701 e. The Hall–Kier alpha value is -0.600. The Bertz CT molecular complexity index is 267. The lowest BCUT2D eigenvalue weighted by atomic mass is 10.1. The molecule has 1 aliphatic heterocycles. The lowest BCUT2D eigenvalue weighted by Crippen LogP contribution is -2.42. The van der Waals surface area contributed by atoms with Gasteiger partial charge in [-0.15, -0.1) is 11.8 Å². The molecule has 1 fully saturated rings. The van der Waals surface area contributed by atoms with Crippen LogP contribution in [0, 0.1) is 11.8 Å². The summed E-state index contributed by atoms with van der Waals surface area (Å²) < 4.78 is 10.9. The molecular formula is C15H28N2O2. The molecule has 0 bridgehead atoms. The van der Waals surface area contributed by atoms with E-state index in [9.17, 15) is 0 Å². The maximum atomic E-state index is 6.06. The van der Waals surface area contributed by atoms with Gasteiger partial charge in [0.2, 0.25) is 0 Å². The number of nitrogens with two attached hydrogens (primary N) is 1. The molecule has 0 aromatic rings. The SMILES string of the molecule is CC#CCCOCCOCC(N)CN1CCCCC1. The molecule has 1 heterocycles. The molecule has 1 atom stereocenters. The summed E-state index contributed by atoms with van der Waals surface area (Å²) >= 11 is 0. The van der Waals surface area contributed by atoms with E-state index in [0.29, 0.717) is 26.4 Å². The summed E-state index contributed by atoms with van der Waals surface area (Å²) in [5.74, 6) is 5.80. The van der Waals surface area contributed by atoms with Crippen LogP contribution >= 0.6 is 0 Å². The van der Waals surface area contributed by atoms with Gasteiger partial charge in [-0.1, -0.05) is 6.42 Å². The van der Waals surface area contributed by atoms with Crippen LogP contribution in [0.2, 0.25) is 0 Å². The standard InChI is InChI=1S/C15H28N2O2/c1-2-3-7-10-18-11-12-19-14-15(16)13-17-8-5-4-6-9-17/h15H,4-14,16H2,1H3. The van der Waals surface area contributed by atoms with Crippen LogP contribution in [0.1, 0.15) is 32.6 Å². The van der Waals surface area contributed by atoms with Gasteiger partial charge in [0.1, 0.15) is 0 Å². The third-order valence-corrected chi connectivity index (χ3v) is 3.19. The summed E-state index contributed by atoms with van der Waals surface area (Å²) in [7, 11) is 0. The van der Waals surface area contributed by atoms with Crippen molar-refractivity contribution in [1.29, 1.82) is 0 Å². The van der Waals surface area contributed by atoms with E-state index in [4.69, 9.17) is 15.2 Å². The minimum absolute atomic E-state index is 0.115. The van der Waals surface area contributed by atoms with Gasteiger partial charge in [0.15, 0.2) is 0 Å². The highest BCUT2D eigenvalue weighted by Crippen LogP contribution is 2.08. The van der Waals surface area contributed by atoms with Gasteiger partial charge in [-0.25, -0.2) is 0 Å². The van der Waals surface area contributed by atoms with E-state index in [1.807, 2.05) is 6.92 Å². The van der Waals surface area contributed by atoms with Crippen LogP contribution in [-0.4, -0.2) is 57.0 Å². The molecule has 0 saturated carbocycles. The number of rotatable bonds is 9. The van der Waals surface area contributed by atoms with Crippen molar-refractivity contribution < 1.29 is 9.47 Å². The van der Waals surface area contributed by atoms with Crippen molar-refractivity contribution in [2.45, 2.75) is 38.6 Å². The number of ether oxygens (including phenoxy) is 2. The van der Waals surface area contributed by atoms with E-state index in [0.717, 1.165) is 13.0 Å². The minimum atomic E-state index is 0.115. The molecule has 0 amide bonds. The summed E-state index contributed by atoms with van der Waals surface area (Å²) in [6.45, 7) is 7.72.